The number of carbonyl (C=O) groups is 2. The Labute approximate surface area is 115 Å². The third-order valence-electron chi connectivity index (χ3n) is 4.60. The molecule has 108 valence electrons. The number of piperidine rings is 1. The fourth-order valence-electron chi connectivity index (χ4n) is 3.39. The monoisotopic (exact) mass is 267 g/mol. The van der Waals surface area contributed by atoms with E-state index in [1.54, 1.807) is 0 Å². The lowest BCUT2D eigenvalue weighted by Crippen LogP contribution is -2.51. The highest BCUT2D eigenvalue weighted by atomic mass is 16.3. The van der Waals surface area contributed by atoms with Crippen LogP contribution in [0, 0.1) is 10.8 Å². The first-order valence-corrected chi connectivity index (χ1v) is 7.32. The predicted octanol–water partition coefficient (Wildman–Crippen LogP) is 2.10. The molecule has 1 saturated carbocycles. The molecule has 19 heavy (non-hydrogen) atoms. The molecular weight excluding hydrogens is 242 g/mol. The molecule has 0 atom stereocenters. The summed E-state index contributed by atoms with van der Waals surface area (Å²) in [4.78, 5) is 25.8. The van der Waals surface area contributed by atoms with Crippen LogP contribution in [0.15, 0.2) is 0 Å². The largest absolute Gasteiger partial charge is 0.396 e. The molecule has 0 spiro atoms. The van der Waals surface area contributed by atoms with Crippen molar-refractivity contribution in [2.24, 2.45) is 10.8 Å². The van der Waals surface area contributed by atoms with Crippen LogP contribution in [0.2, 0.25) is 0 Å². The molecule has 0 aromatic rings. The first-order valence-electron chi connectivity index (χ1n) is 7.32. The van der Waals surface area contributed by atoms with Gasteiger partial charge in [0.2, 0.25) is 11.8 Å². The Bertz CT molecular complexity index is 350. The molecule has 0 unspecified atom stereocenters. The van der Waals surface area contributed by atoms with Crippen molar-refractivity contribution < 1.29 is 14.7 Å². The van der Waals surface area contributed by atoms with Crippen molar-refractivity contribution in [1.29, 1.82) is 0 Å². The SMILES string of the molecule is CC1(C)CC(=O)N(CC2(CO)CCCCC2)C(=O)C1. The van der Waals surface area contributed by atoms with Gasteiger partial charge in [-0.3, -0.25) is 14.5 Å². The van der Waals surface area contributed by atoms with E-state index < -0.39 is 0 Å². The maximum Gasteiger partial charge on any atom is 0.229 e. The fraction of sp³-hybridized carbons (Fsp3) is 0.867. The van der Waals surface area contributed by atoms with Crippen LogP contribution in [-0.2, 0) is 9.59 Å². The van der Waals surface area contributed by atoms with Crippen molar-refractivity contribution in [3.8, 4) is 0 Å². The zero-order chi connectivity index (χ0) is 14.1. The van der Waals surface area contributed by atoms with Crippen molar-refractivity contribution in [1.82, 2.24) is 4.90 Å². The summed E-state index contributed by atoms with van der Waals surface area (Å²) in [6, 6.07) is 0. The molecule has 2 rings (SSSR count). The molecule has 1 saturated heterocycles. The fourth-order valence-corrected chi connectivity index (χ4v) is 3.39. The van der Waals surface area contributed by atoms with Gasteiger partial charge in [0.05, 0.1) is 6.61 Å². The highest BCUT2D eigenvalue weighted by Gasteiger charge is 2.42. The number of imide groups is 1. The number of hydrogen-bond acceptors (Lipinski definition) is 3. The summed E-state index contributed by atoms with van der Waals surface area (Å²) in [5.74, 6) is -0.140. The summed E-state index contributed by atoms with van der Waals surface area (Å²) >= 11 is 0. The highest BCUT2D eigenvalue weighted by Crippen LogP contribution is 2.39. The van der Waals surface area contributed by atoms with Crippen LogP contribution in [0.1, 0.15) is 58.8 Å². The molecule has 0 aromatic carbocycles. The summed E-state index contributed by atoms with van der Waals surface area (Å²) in [6.07, 6.45) is 6.07. The van der Waals surface area contributed by atoms with E-state index in [2.05, 4.69) is 0 Å². The van der Waals surface area contributed by atoms with Crippen LogP contribution in [0.5, 0.6) is 0 Å². The number of nitrogens with zero attached hydrogens (tertiary/aromatic N) is 1. The highest BCUT2D eigenvalue weighted by molar-refractivity contribution is 5.98. The van der Waals surface area contributed by atoms with E-state index in [-0.39, 0.29) is 29.3 Å². The molecule has 2 amide bonds. The normalized spacial score (nSPS) is 26.6. The molecule has 4 nitrogen and oxygen atoms in total. The van der Waals surface area contributed by atoms with E-state index in [0.29, 0.717) is 19.4 Å². The first-order chi connectivity index (χ1) is 8.87. The average Bonchev–Trinajstić information content (AvgIpc) is 2.34. The van der Waals surface area contributed by atoms with Crippen molar-refractivity contribution in [2.75, 3.05) is 13.2 Å². The zero-order valence-corrected chi connectivity index (χ0v) is 12.1. The van der Waals surface area contributed by atoms with Crippen LogP contribution < -0.4 is 0 Å². The minimum absolute atomic E-state index is 0.0698. The maximum atomic E-state index is 12.2. The van der Waals surface area contributed by atoms with Crippen LogP contribution in [0.3, 0.4) is 0 Å². The van der Waals surface area contributed by atoms with Crippen molar-refractivity contribution >= 4 is 11.8 Å². The van der Waals surface area contributed by atoms with Gasteiger partial charge in [-0.05, 0) is 18.3 Å². The van der Waals surface area contributed by atoms with Crippen molar-refractivity contribution in [3.63, 3.8) is 0 Å². The summed E-state index contributed by atoms with van der Waals surface area (Å²) in [5.41, 5.74) is -0.464. The smallest absolute Gasteiger partial charge is 0.229 e. The van der Waals surface area contributed by atoms with Crippen molar-refractivity contribution in [2.45, 2.75) is 58.8 Å². The van der Waals surface area contributed by atoms with Crippen LogP contribution in [-0.4, -0.2) is 35.0 Å². The van der Waals surface area contributed by atoms with Gasteiger partial charge < -0.3 is 5.11 Å². The van der Waals surface area contributed by atoms with Gasteiger partial charge in [0, 0.05) is 24.8 Å². The van der Waals surface area contributed by atoms with Crippen molar-refractivity contribution in [3.05, 3.63) is 0 Å². The Morgan fingerprint density at radius 3 is 2.05 bits per heavy atom. The van der Waals surface area contributed by atoms with Gasteiger partial charge in [0.25, 0.3) is 0 Å². The van der Waals surface area contributed by atoms with Crippen LogP contribution in [0.25, 0.3) is 0 Å². The van der Waals surface area contributed by atoms with E-state index in [4.69, 9.17) is 0 Å². The van der Waals surface area contributed by atoms with Gasteiger partial charge in [-0.15, -0.1) is 0 Å². The van der Waals surface area contributed by atoms with Gasteiger partial charge >= 0.3 is 0 Å². The molecule has 0 bridgehead atoms. The minimum Gasteiger partial charge on any atom is -0.396 e. The van der Waals surface area contributed by atoms with Crippen LogP contribution >= 0.6 is 0 Å². The van der Waals surface area contributed by atoms with Gasteiger partial charge in [-0.25, -0.2) is 0 Å². The molecule has 1 heterocycles. The third-order valence-corrected chi connectivity index (χ3v) is 4.60. The second-order valence-electron chi connectivity index (χ2n) is 7.11. The number of amides is 2. The van der Waals surface area contributed by atoms with Gasteiger partial charge in [0.1, 0.15) is 0 Å². The Balaban J connectivity index is 2.09. The number of carbonyl (C=O) groups excluding carboxylic acids is 2. The molecule has 1 N–H and O–H groups in total. The van der Waals surface area contributed by atoms with Gasteiger partial charge in [-0.1, -0.05) is 33.1 Å². The van der Waals surface area contributed by atoms with E-state index >= 15 is 0 Å². The quantitative estimate of drug-likeness (QED) is 0.797. The Kier molecular flexibility index (Phi) is 4.00. The summed E-state index contributed by atoms with van der Waals surface area (Å²) < 4.78 is 0. The lowest BCUT2D eigenvalue weighted by atomic mass is 9.73. The van der Waals surface area contributed by atoms with Crippen LogP contribution in [0.4, 0.5) is 0 Å². The molecule has 2 aliphatic rings. The molecule has 1 aliphatic heterocycles. The minimum atomic E-state index is -0.245. The standard InChI is InChI=1S/C15H25NO3/c1-14(2)8-12(18)16(13(19)9-14)10-15(11-17)6-4-3-5-7-15/h17H,3-11H2,1-2H3. The molecule has 2 fully saturated rings. The predicted molar refractivity (Wildman–Crippen MR) is 72.3 cm³/mol. The molecule has 0 radical (unpaired) electrons. The van der Waals surface area contributed by atoms with E-state index in [0.717, 1.165) is 25.7 Å². The van der Waals surface area contributed by atoms with Gasteiger partial charge in [0.15, 0.2) is 0 Å². The lowest BCUT2D eigenvalue weighted by Gasteiger charge is -2.42. The Morgan fingerprint density at radius 2 is 1.58 bits per heavy atom. The number of aliphatic hydroxyl groups excluding tert-OH is 1. The average molecular weight is 267 g/mol. The Morgan fingerprint density at radius 1 is 1.05 bits per heavy atom. The lowest BCUT2D eigenvalue weighted by molar-refractivity contribution is -0.155. The molecule has 1 aliphatic carbocycles. The summed E-state index contributed by atoms with van der Waals surface area (Å²) in [6.45, 7) is 4.41. The number of likely N-dealkylation sites (tertiary alicyclic amines) is 1. The second-order valence-corrected chi connectivity index (χ2v) is 7.11. The number of aliphatic hydroxyl groups is 1. The second kappa shape index (κ2) is 5.23. The van der Waals surface area contributed by atoms with E-state index in [1.807, 2.05) is 13.8 Å². The third kappa shape index (κ3) is 3.16. The zero-order valence-electron chi connectivity index (χ0n) is 12.1. The Hall–Kier alpha value is -0.900. The van der Waals surface area contributed by atoms with Gasteiger partial charge in [-0.2, -0.15) is 0 Å². The maximum absolute atomic E-state index is 12.2. The summed E-state index contributed by atoms with van der Waals surface area (Å²) in [7, 11) is 0. The molecular formula is C15H25NO3. The number of hydrogen-bond donors (Lipinski definition) is 1. The number of rotatable bonds is 3. The first kappa shape index (κ1) is 14.5. The summed E-state index contributed by atoms with van der Waals surface area (Å²) in [5, 5.41) is 9.70. The topological polar surface area (TPSA) is 57.6 Å². The molecule has 0 aromatic heterocycles. The van der Waals surface area contributed by atoms with E-state index in [9.17, 15) is 14.7 Å². The van der Waals surface area contributed by atoms with E-state index in [1.165, 1.54) is 11.3 Å². The molecule has 4 heteroatoms.